The van der Waals surface area contributed by atoms with Gasteiger partial charge in [0.1, 0.15) is 16.4 Å². The monoisotopic (exact) mass is 322 g/mol. The SMILES string of the molecule is O=S(=O)(O)c1cc2c(O)c3ccccc3c(O)c2c(O)c1O. The minimum atomic E-state index is -4.83. The first kappa shape index (κ1) is 14.2. The molecule has 0 bridgehead atoms. The Morgan fingerprint density at radius 3 is 1.82 bits per heavy atom. The van der Waals surface area contributed by atoms with E-state index in [1.54, 1.807) is 12.1 Å². The van der Waals surface area contributed by atoms with Crippen molar-refractivity contribution in [3.8, 4) is 23.0 Å². The van der Waals surface area contributed by atoms with Crippen molar-refractivity contribution >= 4 is 31.7 Å². The van der Waals surface area contributed by atoms with Crippen molar-refractivity contribution < 1.29 is 33.4 Å². The lowest BCUT2D eigenvalue weighted by Crippen LogP contribution is -1.99. The predicted molar refractivity (Wildman–Crippen MR) is 77.9 cm³/mol. The predicted octanol–water partition coefficient (Wildman–Crippen LogP) is 2.06. The van der Waals surface area contributed by atoms with Crippen molar-refractivity contribution in [3.63, 3.8) is 0 Å². The van der Waals surface area contributed by atoms with Crippen LogP contribution in [0.15, 0.2) is 35.2 Å². The number of phenolic OH excluding ortho intramolecular Hbond substituents is 4. The molecule has 0 aliphatic heterocycles. The zero-order valence-corrected chi connectivity index (χ0v) is 11.7. The van der Waals surface area contributed by atoms with Gasteiger partial charge in [0.2, 0.25) is 0 Å². The lowest BCUT2D eigenvalue weighted by atomic mass is 9.99. The van der Waals surface area contributed by atoms with Crippen LogP contribution in [0.2, 0.25) is 0 Å². The first-order valence-corrected chi connectivity index (χ1v) is 7.46. The van der Waals surface area contributed by atoms with E-state index in [-0.39, 0.29) is 21.5 Å². The zero-order valence-electron chi connectivity index (χ0n) is 10.8. The highest BCUT2D eigenvalue weighted by Crippen LogP contribution is 2.49. The molecule has 0 spiro atoms. The molecule has 0 heterocycles. The van der Waals surface area contributed by atoms with Gasteiger partial charge in [-0.25, -0.2) is 0 Å². The van der Waals surface area contributed by atoms with E-state index in [1.165, 1.54) is 12.1 Å². The van der Waals surface area contributed by atoms with Gasteiger partial charge in [0, 0.05) is 16.2 Å². The summed E-state index contributed by atoms with van der Waals surface area (Å²) in [4.78, 5) is -0.970. The van der Waals surface area contributed by atoms with E-state index in [4.69, 9.17) is 4.55 Å². The molecule has 0 amide bonds. The number of hydrogen-bond acceptors (Lipinski definition) is 6. The van der Waals surface area contributed by atoms with Crippen molar-refractivity contribution in [2.75, 3.05) is 0 Å². The van der Waals surface area contributed by atoms with Crippen LogP contribution in [-0.2, 0) is 10.1 Å². The maximum absolute atomic E-state index is 11.2. The van der Waals surface area contributed by atoms with Gasteiger partial charge in [0.05, 0.1) is 5.39 Å². The second kappa shape index (κ2) is 4.39. The highest BCUT2D eigenvalue weighted by atomic mass is 32.2. The molecule has 5 N–H and O–H groups in total. The molecule has 0 radical (unpaired) electrons. The average molecular weight is 322 g/mol. The van der Waals surface area contributed by atoms with Crippen LogP contribution >= 0.6 is 0 Å². The minimum Gasteiger partial charge on any atom is -0.507 e. The van der Waals surface area contributed by atoms with Gasteiger partial charge >= 0.3 is 0 Å². The lowest BCUT2D eigenvalue weighted by molar-refractivity contribution is 0.391. The summed E-state index contributed by atoms with van der Waals surface area (Å²) in [7, 11) is -4.83. The molecule has 0 saturated carbocycles. The normalized spacial score (nSPS) is 12.0. The molecule has 8 heteroatoms. The highest BCUT2D eigenvalue weighted by Gasteiger charge is 2.25. The quantitative estimate of drug-likeness (QED) is 0.200. The van der Waals surface area contributed by atoms with Gasteiger partial charge in [0.15, 0.2) is 11.5 Å². The summed E-state index contributed by atoms with van der Waals surface area (Å²) in [5, 5.41) is 40.1. The fourth-order valence-corrected chi connectivity index (χ4v) is 3.04. The van der Waals surface area contributed by atoms with E-state index in [0.717, 1.165) is 6.07 Å². The van der Waals surface area contributed by atoms with Crippen LogP contribution in [0.1, 0.15) is 0 Å². The molecular weight excluding hydrogens is 312 g/mol. The van der Waals surface area contributed by atoms with E-state index >= 15 is 0 Å². The fraction of sp³-hybridized carbons (Fsp3) is 0. The van der Waals surface area contributed by atoms with Gasteiger partial charge in [-0.2, -0.15) is 8.42 Å². The summed E-state index contributed by atoms with van der Waals surface area (Å²) in [6.45, 7) is 0. The molecule has 0 fully saturated rings. The van der Waals surface area contributed by atoms with E-state index in [1.807, 2.05) is 0 Å². The molecule has 0 aromatic heterocycles. The molecule has 0 aliphatic carbocycles. The molecule has 3 aromatic carbocycles. The lowest BCUT2D eigenvalue weighted by Gasteiger charge is -2.13. The number of aromatic hydroxyl groups is 4. The van der Waals surface area contributed by atoms with E-state index in [0.29, 0.717) is 0 Å². The molecule has 0 atom stereocenters. The van der Waals surface area contributed by atoms with Crippen LogP contribution in [0.25, 0.3) is 21.5 Å². The Bertz CT molecular complexity index is 1040. The molecule has 3 aromatic rings. The van der Waals surface area contributed by atoms with E-state index in [2.05, 4.69) is 0 Å². The van der Waals surface area contributed by atoms with Gasteiger partial charge in [-0.05, 0) is 6.07 Å². The van der Waals surface area contributed by atoms with Crippen LogP contribution in [-0.4, -0.2) is 33.4 Å². The van der Waals surface area contributed by atoms with Crippen molar-refractivity contribution in [2.45, 2.75) is 4.90 Å². The molecule has 3 rings (SSSR count). The second-order valence-corrected chi connectivity index (χ2v) is 6.10. The van der Waals surface area contributed by atoms with Crippen LogP contribution in [0.4, 0.5) is 0 Å². The van der Waals surface area contributed by atoms with Gasteiger partial charge in [-0.1, -0.05) is 24.3 Å². The summed E-state index contributed by atoms with van der Waals surface area (Å²) in [5.74, 6) is -2.90. The summed E-state index contributed by atoms with van der Waals surface area (Å²) >= 11 is 0. The van der Waals surface area contributed by atoms with Crippen molar-refractivity contribution in [3.05, 3.63) is 30.3 Å². The van der Waals surface area contributed by atoms with E-state index < -0.39 is 38.0 Å². The Balaban J connectivity index is 2.66. The minimum absolute atomic E-state index is 0.210. The third kappa shape index (κ3) is 1.81. The van der Waals surface area contributed by atoms with Gasteiger partial charge in [-0.3, -0.25) is 4.55 Å². The van der Waals surface area contributed by atoms with Crippen molar-refractivity contribution in [1.82, 2.24) is 0 Å². The second-order valence-electron chi connectivity index (χ2n) is 4.71. The van der Waals surface area contributed by atoms with Crippen molar-refractivity contribution in [2.24, 2.45) is 0 Å². The Hall–Kier alpha value is -2.71. The number of phenols is 4. The van der Waals surface area contributed by atoms with E-state index in [9.17, 15) is 28.8 Å². The molecule has 114 valence electrons. The topological polar surface area (TPSA) is 135 Å². The number of benzene rings is 3. The maximum atomic E-state index is 11.2. The Labute approximate surface area is 124 Å². The molecule has 0 unspecified atom stereocenters. The standard InChI is InChI=1S/C14H10O7S/c15-11-6-3-1-2-4-7(6)12(16)10-8(11)5-9(22(19,20)21)13(17)14(10)18/h1-5,15-18H,(H,19,20,21). The Morgan fingerprint density at radius 2 is 1.27 bits per heavy atom. The van der Waals surface area contributed by atoms with Crippen LogP contribution < -0.4 is 0 Å². The smallest absolute Gasteiger partial charge is 0.298 e. The average Bonchev–Trinajstić information content (AvgIpc) is 2.46. The summed E-state index contributed by atoms with van der Waals surface area (Å²) in [5.41, 5.74) is 0. The Kier molecular flexibility index (Phi) is 2.84. The van der Waals surface area contributed by atoms with Crippen molar-refractivity contribution in [1.29, 1.82) is 0 Å². The van der Waals surface area contributed by atoms with Crippen LogP contribution in [0.3, 0.4) is 0 Å². The number of fused-ring (bicyclic) bond motifs is 2. The van der Waals surface area contributed by atoms with Crippen LogP contribution in [0, 0.1) is 0 Å². The number of rotatable bonds is 1. The number of hydrogen-bond donors (Lipinski definition) is 5. The van der Waals surface area contributed by atoms with Crippen LogP contribution in [0.5, 0.6) is 23.0 Å². The zero-order chi connectivity index (χ0) is 16.2. The largest absolute Gasteiger partial charge is 0.507 e. The third-order valence-corrected chi connectivity index (χ3v) is 4.31. The third-order valence-electron chi connectivity index (χ3n) is 3.45. The maximum Gasteiger partial charge on any atom is 0.298 e. The first-order valence-electron chi connectivity index (χ1n) is 6.02. The molecular formula is C14H10O7S. The summed E-state index contributed by atoms with van der Waals surface area (Å²) in [6.07, 6.45) is 0. The molecule has 7 nitrogen and oxygen atoms in total. The molecule has 0 saturated heterocycles. The molecule has 22 heavy (non-hydrogen) atoms. The first-order chi connectivity index (χ1) is 10.2. The fourth-order valence-electron chi connectivity index (χ4n) is 2.43. The van der Waals surface area contributed by atoms with Gasteiger partial charge in [0.25, 0.3) is 10.1 Å². The summed E-state index contributed by atoms with van der Waals surface area (Å²) < 4.78 is 31.6. The molecule has 0 aliphatic rings. The van der Waals surface area contributed by atoms with Gasteiger partial charge < -0.3 is 20.4 Å². The van der Waals surface area contributed by atoms with Gasteiger partial charge in [-0.15, -0.1) is 0 Å². The Morgan fingerprint density at radius 1 is 0.727 bits per heavy atom. The summed E-state index contributed by atoms with van der Waals surface area (Å²) in [6, 6.07) is 6.94. The highest BCUT2D eigenvalue weighted by molar-refractivity contribution is 7.86.